The molecule has 10 heteroatoms. The molecule has 32 heavy (non-hydrogen) atoms. The number of sulfonamides is 1. The van der Waals surface area contributed by atoms with Gasteiger partial charge in [-0.1, -0.05) is 49.2 Å². The topological polar surface area (TPSA) is 94.2 Å². The van der Waals surface area contributed by atoms with Gasteiger partial charge in [0.25, 0.3) is 0 Å². The number of carbonyl (C=O) groups excluding carboxylic acids is 1. The summed E-state index contributed by atoms with van der Waals surface area (Å²) in [6.45, 7) is 4.65. The summed E-state index contributed by atoms with van der Waals surface area (Å²) in [5, 5.41) is 0.866. The van der Waals surface area contributed by atoms with E-state index in [1.165, 1.54) is 0 Å². The van der Waals surface area contributed by atoms with Crippen LogP contribution in [0.3, 0.4) is 0 Å². The lowest BCUT2D eigenvalue weighted by molar-refractivity contribution is -0.119. The van der Waals surface area contributed by atoms with E-state index in [-0.39, 0.29) is 25.0 Å². The average molecular weight is 502 g/mol. The molecule has 0 saturated carbocycles. The van der Waals surface area contributed by atoms with Gasteiger partial charge in [-0.05, 0) is 35.4 Å². The van der Waals surface area contributed by atoms with Crippen LogP contribution in [0.15, 0.2) is 36.4 Å². The maximum absolute atomic E-state index is 11.8. The molecule has 1 saturated heterocycles. The zero-order valence-electron chi connectivity index (χ0n) is 18.0. The third kappa shape index (κ3) is 6.83. The van der Waals surface area contributed by atoms with Crippen LogP contribution < -0.4 is 14.2 Å². The molecular formula is C22H25Cl2NO6S. The van der Waals surface area contributed by atoms with Gasteiger partial charge in [-0.3, -0.25) is 4.79 Å². The number of rotatable bonds is 11. The lowest BCUT2D eigenvalue weighted by atomic mass is 9.78. The molecule has 7 nitrogen and oxygen atoms in total. The molecule has 0 amide bonds. The fraction of sp³-hybridized carbons (Fsp3) is 0.409. The highest BCUT2D eigenvalue weighted by Crippen LogP contribution is 2.41. The van der Waals surface area contributed by atoms with E-state index in [2.05, 4.69) is 4.72 Å². The van der Waals surface area contributed by atoms with Crippen LogP contribution in [0.2, 0.25) is 10.0 Å². The molecule has 0 bridgehead atoms. The highest BCUT2D eigenvalue weighted by molar-refractivity contribution is 7.88. The Balaban J connectivity index is 1.65. The number of epoxide rings is 1. The highest BCUT2D eigenvalue weighted by atomic mass is 35.5. The minimum Gasteiger partial charge on any atom is -0.488 e. The van der Waals surface area contributed by atoms with Crippen LogP contribution in [0.5, 0.6) is 11.5 Å². The fourth-order valence-corrected chi connectivity index (χ4v) is 3.98. The van der Waals surface area contributed by atoms with Crippen molar-refractivity contribution in [3.05, 3.63) is 57.6 Å². The SMILES string of the molecule is CC(C)(c1ccc(OCC(=O)CNS(C)(=O)=O)cc1)c1cc(Cl)c(OCC2CO2)c(Cl)c1. The summed E-state index contributed by atoms with van der Waals surface area (Å²) in [6, 6.07) is 11.0. The number of ether oxygens (including phenoxy) is 3. The van der Waals surface area contributed by atoms with Crippen LogP contribution >= 0.6 is 23.2 Å². The molecule has 2 aromatic rings. The fourth-order valence-electron chi connectivity index (χ4n) is 2.96. The molecule has 1 N–H and O–H groups in total. The molecule has 0 aliphatic carbocycles. The van der Waals surface area contributed by atoms with E-state index in [9.17, 15) is 13.2 Å². The Morgan fingerprint density at radius 2 is 1.72 bits per heavy atom. The molecule has 0 aromatic heterocycles. The van der Waals surface area contributed by atoms with Gasteiger partial charge in [0.1, 0.15) is 25.1 Å². The van der Waals surface area contributed by atoms with Crippen LogP contribution in [0.25, 0.3) is 0 Å². The summed E-state index contributed by atoms with van der Waals surface area (Å²) in [4.78, 5) is 11.8. The first-order valence-electron chi connectivity index (χ1n) is 9.89. The van der Waals surface area contributed by atoms with E-state index >= 15 is 0 Å². The van der Waals surface area contributed by atoms with E-state index in [4.69, 9.17) is 37.4 Å². The molecule has 0 spiro atoms. The van der Waals surface area contributed by atoms with Gasteiger partial charge in [0.05, 0.1) is 29.5 Å². The van der Waals surface area contributed by atoms with Gasteiger partial charge < -0.3 is 14.2 Å². The van der Waals surface area contributed by atoms with Crippen molar-refractivity contribution in [1.82, 2.24) is 4.72 Å². The standard InChI is InChI=1S/C22H25Cl2NO6S/c1-22(2,15-8-19(23)21(20(24)9-15)31-13-18-12-30-18)14-4-6-17(7-5-14)29-11-16(26)10-25-32(3,27)28/h4-9,18,25H,10-13H2,1-3H3. The highest BCUT2D eigenvalue weighted by Gasteiger charge is 2.27. The van der Waals surface area contributed by atoms with Gasteiger partial charge in [-0.15, -0.1) is 0 Å². The Morgan fingerprint density at radius 1 is 1.12 bits per heavy atom. The summed E-state index contributed by atoms with van der Waals surface area (Å²) in [7, 11) is -3.42. The number of benzene rings is 2. The number of nitrogens with one attached hydrogen (secondary N) is 1. The monoisotopic (exact) mass is 501 g/mol. The number of hydrogen-bond donors (Lipinski definition) is 1. The minimum atomic E-state index is -3.42. The number of halogens is 2. The Hall–Kier alpha value is -1.84. The first-order valence-corrected chi connectivity index (χ1v) is 12.5. The van der Waals surface area contributed by atoms with Crippen LogP contribution in [-0.4, -0.2) is 52.9 Å². The van der Waals surface area contributed by atoms with Crippen molar-refractivity contribution in [3.63, 3.8) is 0 Å². The Bertz CT molecular complexity index is 1060. The first kappa shape index (κ1) is 24.8. The number of carbonyl (C=O) groups is 1. The average Bonchev–Trinajstić information content (AvgIpc) is 3.54. The van der Waals surface area contributed by atoms with Crippen molar-refractivity contribution in [2.75, 3.05) is 32.6 Å². The van der Waals surface area contributed by atoms with Gasteiger partial charge >= 0.3 is 0 Å². The number of ketones is 1. The third-order valence-corrected chi connectivity index (χ3v) is 6.27. The Kier molecular flexibility index (Phi) is 7.73. The van der Waals surface area contributed by atoms with E-state index in [0.717, 1.165) is 17.4 Å². The van der Waals surface area contributed by atoms with E-state index in [1.807, 2.05) is 38.1 Å². The molecule has 174 valence electrons. The lowest BCUT2D eigenvalue weighted by Crippen LogP contribution is -2.31. The van der Waals surface area contributed by atoms with Crippen molar-refractivity contribution in [3.8, 4) is 11.5 Å². The molecule has 1 heterocycles. The van der Waals surface area contributed by atoms with Crippen molar-refractivity contribution in [1.29, 1.82) is 0 Å². The molecule has 1 atom stereocenters. The van der Waals surface area contributed by atoms with Gasteiger partial charge in [0.2, 0.25) is 10.0 Å². The zero-order chi connectivity index (χ0) is 23.5. The predicted octanol–water partition coefficient (Wildman–Crippen LogP) is 3.59. The molecule has 1 aliphatic heterocycles. The Labute approximate surface area is 198 Å². The molecule has 1 unspecified atom stereocenters. The lowest BCUT2D eigenvalue weighted by Gasteiger charge is -2.27. The van der Waals surface area contributed by atoms with Crippen molar-refractivity contribution in [2.24, 2.45) is 0 Å². The number of Topliss-reactive ketones (excluding diaryl/α,β-unsaturated/α-hetero) is 1. The summed E-state index contributed by atoms with van der Waals surface area (Å²) < 4.78 is 40.5. The zero-order valence-corrected chi connectivity index (χ0v) is 20.3. The van der Waals surface area contributed by atoms with Crippen LogP contribution in [-0.2, 0) is 25.0 Å². The molecule has 1 aliphatic rings. The van der Waals surface area contributed by atoms with Crippen molar-refractivity contribution in [2.45, 2.75) is 25.4 Å². The first-order chi connectivity index (χ1) is 15.0. The van der Waals surface area contributed by atoms with Gasteiger partial charge in [0.15, 0.2) is 11.5 Å². The van der Waals surface area contributed by atoms with Crippen molar-refractivity contribution >= 4 is 39.0 Å². The second kappa shape index (κ2) is 9.97. The van der Waals surface area contributed by atoms with Crippen LogP contribution in [0.1, 0.15) is 25.0 Å². The predicted molar refractivity (Wildman–Crippen MR) is 124 cm³/mol. The molecule has 1 fully saturated rings. The van der Waals surface area contributed by atoms with Gasteiger partial charge in [-0.25, -0.2) is 13.1 Å². The maximum atomic E-state index is 11.8. The normalized spacial score (nSPS) is 16.0. The second-order valence-corrected chi connectivity index (χ2v) is 10.8. The minimum absolute atomic E-state index is 0.102. The molecule has 2 aromatic carbocycles. The Morgan fingerprint density at radius 3 is 2.25 bits per heavy atom. The summed E-state index contributed by atoms with van der Waals surface area (Å²) in [5.74, 6) is 0.571. The van der Waals surface area contributed by atoms with Crippen LogP contribution in [0, 0.1) is 0 Å². The van der Waals surface area contributed by atoms with E-state index in [0.29, 0.717) is 34.8 Å². The van der Waals surface area contributed by atoms with Gasteiger partial charge in [0, 0.05) is 5.41 Å². The molecule has 3 rings (SSSR count). The maximum Gasteiger partial charge on any atom is 0.209 e. The summed E-state index contributed by atoms with van der Waals surface area (Å²) in [5.41, 5.74) is 1.49. The van der Waals surface area contributed by atoms with E-state index < -0.39 is 15.4 Å². The number of hydrogen-bond acceptors (Lipinski definition) is 6. The molecule has 0 radical (unpaired) electrons. The molecular weight excluding hydrogens is 477 g/mol. The largest absolute Gasteiger partial charge is 0.488 e. The summed E-state index contributed by atoms with van der Waals surface area (Å²) >= 11 is 12.9. The smallest absolute Gasteiger partial charge is 0.209 e. The third-order valence-electron chi connectivity index (χ3n) is 5.04. The quantitative estimate of drug-likeness (QED) is 0.472. The van der Waals surface area contributed by atoms with Crippen molar-refractivity contribution < 1.29 is 27.4 Å². The van der Waals surface area contributed by atoms with E-state index in [1.54, 1.807) is 12.1 Å². The second-order valence-electron chi connectivity index (χ2n) is 8.11. The van der Waals surface area contributed by atoms with Gasteiger partial charge in [-0.2, -0.15) is 0 Å². The summed E-state index contributed by atoms with van der Waals surface area (Å²) in [6.07, 6.45) is 1.09. The van der Waals surface area contributed by atoms with Crippen LogP contribution in [0.4, 0.5) is 0 Å².